The highest BCUT2D eigenvalue weighted by Gasteiger charge is 2.34. The molecular weight excluding hydrogens is 523 g/mol. The number of hydrogen-bond acceptors (Lipinski definition) is 7. The van der Waals surface area contributed by atoms with Crippen LogP contribution < -0.4 is 10.5 Å². The third-order valence-corrected chi connectivity index (χ3v) is 7.77. The Hall–Kier alpha value is -3.34. The first-order valence-electron chi connectivity index (χ1n) is 13.5. The van der Waals surface area contributed by atoms with Crippen molar-refractivity contribution in [1.29, 1.82) is 0 Å². The number of ether oxygens (including phenoxy) is 2. The molecule has 1 aliphatic carbocycles. The first-order chi connectivity index (χ1) is 19.2. The fourth-order valence-electron chi connectivity index (χ4n) is 5.69. The molecule has 212 valence electrons. The molecule has 5 rings (SSSR count). The van der Waals surface area contributed by atoms with Crippen LogP contribution >= 0.6 is 0 Å². The number of aliphatic hydroxyl groups is 1. The SMILES string of the molecule is C[C@H]1C[C@@H](c2ccncc2CC(=O)c2ccc(F)c(-c3c(F)cc(O[C@H]4CCCOC4)cc3F)n2)C[C@@H](N)[C@@H]1O. The van der Waals surface area contributed by atoms with Crippen LogP contribution in [0.1, 0.15) is 60.1 Å². The molecule has 5 atom stereocenters. The van der Waals surface area contributed by atoms with Crippen LogP contribution in [0.2, 0.25) is 0 Å². The van der Waals surface area contributed by atoms with Gasteiger partial charge in [0.05, 0.1) is 18.3 Å². The van der Waals surface area contributed by atoms with Gasteiger partial charge in [0.2, 0.25) is 0 Å². The summed E-state index contributed by atoms with van der Waals surface area (Å²) in [5.74, 6) is -3.54. The number of aliphatic hydroxyl groups excluding tert-OH is 1. The van der Waals surface area contributed by atoms with E-state index in [1.807, 2.05) is 13.0 Å². The van der Waals surface area contributed by atoms with E-state index in [1.54, 1.807) is 12.4 Å². The van der Waals surface area contributed by atoms with Gasteiger partial charge in [-0.1, -0.05) is 6.92 Å². The summed E-state index contributed by atoms with van der Waals surface area (Å²) in [6, 6.07) is 5.59. The average molecular weight is 556 g/mol. The highest BCUT2D eigenvalue weighted by Crippen LogP contribution is 2.37. The van der Waals surface area contributed by atoms with Crippen LogP contribution in [0.25, 0.3) is 11.3 Å². The number of carbonyl (C=O) groups is 1. The van der Waals surface area contributed by atoms with Crippen LogP contribution in [0.15, 0.2) is 42.7 Å². The third kappa shape index (κ3) is 6.04. The van der Waals surface area contributed by atoms with E-state index in [1.165, 1.54) is 6.07 Å². The maximum atomic E-state index is 15.1. The van der Waals surface area contributed by atoms with Gasteiger partial charge < -0.3 is 20.3 Å². The van der Waals surface area contributed by atoms with Gasteiger partial charge >= 0.3 is 0 Å². The topological polar surface area (TPSA) is 108 Å². The number of hydrogen-bond donors (Lipinski definition) is 2. The van der Waals surface area contributed by atoms with E-state index >= 15 is 8.78 Å². The number of Topliss-reactive ketones (excluding diaryl/α,β-unsaturated/α-hetero) is 1. The largest absolute Gasteiger partial charge is 0.488 e. The standard InChI is InChI=1S/C30H32F3N3O4/c1-16-9-17(10-25(34)30(16)38)21-6-7-35-14-18(21)11-27(37)26-5-4-22(31)29(36-26)28-23(32)12-20(13-24(28)33)40-19-3-2-8-39-15-19/h4-7,12-14,16-17,19,25,30,38H,2-3,8-11,15,34H2,1H3/t16-,17+,19-,25+,30+/m0/s1. The normalized spacial score (nSPS) is 25.0. The van der Waals surface area contributed by atoms with Crippen LogP contribution in [0, 0.1) is 23.4 Å². The summed E-state index contributed by atoms with van der Waals surface area (Å²) in [5, 5.41) is 10.2. The Kier molecular flexibility index (Phi) is 8.48. The van der Waals surface area contributed by atoms with Crippen molar-refractivity contribution in [2.45, 2.75) is 63.2 Å². The molecule has 0 unspecified atom stereocenters. The van der Waals surface area contributed by atoms with Gasteiger partial charge in [-0.15, -0.1) is 0 Å². The first kappa shape index (κ1) is 28.2. The van der Waals surface area contributed by atoms with Gasteiger partial charge in [-0.05, 0) is 66.8 Å². The summed E-state index contributed by atoms with van der Waals surface area (Å²) in [4.78, 5) is 21.5. The number of benzene rings is 1. The molecule has 40 heavy (non-hydrogen) atoms. The predicted molar refractivity (Wildman–Crippen MR) is 141 cm³/mol. The molecule has 2 aliphatic rings. The van der Waals surface area contributed by atoms with Gasteiger partial charge in [0.1, 0.15) is 40.7 Å². The lowest BCUT2D eigenvalue weighted by atomic mass is 9.74. The lowest BCUT2D eigenvalue weighted by Gasteiger charge is -2.36. The smallest absolute Gasteiger partial charge is 0.185 e. The number of carbonyl (C=O) groups excluding carboxylic acids is 1. The van der Waals surface area contributed by atoms with Crippen molar-refractivity contribution >= 4 is 5.78 Å². The lowest BCUT2D eigenvalue weighted by Crippen LogP contribution is -2.44. The summed E-state index contributed by atoms with van der Waals surface area (Å²) in [6.07, 6.45) is 4.95. The second kappa shape index (κ2) is 12.0. The molecule has 0 spiro atoms. The van der Waals surface area contributed by atoms with Crippen molar-refractivity contribution in [3.8, 4) is 17.0 Å². The minimum atomic E-state index is -1.05. The molecule has 0 amide bonds. The quantitative estimate of drug-likeness (QED) is 0.406. The van der Waals surface area contributed by atoms with Gasteiger partial charge in [0.15, 0.2) is 5.78 Å². The molecule has 2 fully saturated rings. The van der Waals surface area contributed by atoms with E-state index in [-0.39, 0.29) is 41.8 Å². The Labute approximate surface area is 230 Å². The van der Waals surface area contributed by atoms with Crippen LogP contribution in [0.3, 0.4) is 0 Å². The van der Waals surface area contributed by atoms with E-state index in [4.69, 9.17) is 15.2 Å². The van der Waals surface area contributed by atoms with Gasteiger partial charge in [-0.25, -0.2) is 18.2 Å². The predicted octanol–water partition coefficient (Wildman–Crippen LogP) is 4.75. The Morgan fingerprint density at radius 3 is 2.62 bits per heavy atom. The lowest BCUT2D eigenvalue weighted by molar-refractivity contribution is 0.00720. The van der Waals surface area contributed by atoms with Crippen LogP contribution in [-0.4, -0.2) is 52.3 Å². The molecule has 1 aromatic carbocycles. The highest BCUT2D eigenvalue weighted by molar-refractivity contribution is 5.96. The van der Waals surface area contributed by atoms with E-state index in [0.717, 1.165) is 30.2 Å². The van der Waals surface area contributed by atoms with Crippen LogP contribution in [0.4, 0.5) is 13.2 Å². The average Bonchev–Trinajstić information content (AvgIpc) is 2.93. The van der Waals surface area contributed by atoms with E-state index in [9.17, 15) is 14.3 Å². The Morgan fingerprint density at radius 1 is 1.15 bits per heavy atom. The zero-order valence-electron chi connectivity index (χ0n) is 22.2. The summed E-state index contributed by atoms with van der Waals surface area (Å²) in [6.45, 7) is 2.87. The fourth-order valence-corrected chi connectivity index (χ4v) is 5.69. The summed E-state index contributed by atoms with van der Waals surface area (Å²) < 4.78 is 55.9. The number of nitrogens with two attached hydrogens (primary N) is 1. The Balaban J connectivity index is 1.38. The number of rotatable bonds is 7. The molecule has 1 aliphatic heterocycles. The molecule has 2 aromatic heterocycles. The number of halogens is 3. The molecule has 3 N–H and O–H groups in total. The second-order valence-electron chi connectivity index (χ2n) is 10.7. The fraction of sp³-hybridized carbons (Fsp3) is 0.433. The summed E-state index contributed by atoms with van der Waals surface area (Å²) in [7, 11) is 0. The molecule has 3 aromatic rings. The van der Waals surface area contributed by atoms with Gasteiger partial charge in [-0.2, -0.15) is 0 Å². The van der Waals surface area contributed by atoms with Gasteiger partial charge in [-0.3, -0.25) is 9.78 Å². The molecule has 3 heterocycles. The van der Waals surface area contributed by atoms with Gasteiger partial charge in [0, 0.05) is 43.6 Å². The highest BCUT2D eigenvalue weighted by atomic mass is 19.1. The minimum absolute atomic E-state index is 0.00984. The van der Waals surface area contributed by atoms with Crippen molar-refractivity contribution < 1.29 is 32.5 Å². The monoisotopic (exact) mass is 555 g/mol. The van der Waals surface area contributed by atoms with E-state index < -0.39 is 40.6 Å². The zero-order chi connectivity index (χ0) is 28.4. The van der Waals surface area contributed by atoms with Crippen molar-refractivity contribution in [1.82, 2.24) is 9.97 Å². The molecule has 7 nitrogen and oxygen atoms in total. The maximum Gasteiger partial charge on any atom is 0.185 e. The van der Waals surface area contributed by atoms with Crippen molar-refractivity contribution in [3.05, 3.63) is 77.0 Å². The Morgan fingerprint density at radius 2 is 1.93 bits per heavy atom. The van der Waals surface area contributed by atoms with Crippen LogP contribution in [-0.2, 0) is 11.2 Å². The summed E-state index contributed by atoms with van der Waals surface area (Å²) >= 11 is 0. The molecule has 0 bridgehead atoms. The molecule has 1 saturated carbocycles. The maximum absolute atomic E-state index is 15.1. The van der Waals surface area contributed by atoms with Crippen molar-refractivity contribution in [2.75, 3.05) is 13.2 Å². The molecular formula is C30H32F3N3O4. The van der Waals surface area contributed by atoms with Gasteiger partial charge in [0.25, 0.3) is 0 Å². The number of nitrogens with zero attached hydrogens (tertiary/aromatic N) is 2. The van der Waals surface area contributed by atoms with E-state index in [2.05, 4.69) is 9.97 Å². The zero-order valence-corrected chi connectivity index (χ0v) is 22.2. The second-order valence-corrected chi connectivity index (χ2v) is 10.7. The number of ketones is 1. The van der Waals surface area contributed by atoms with Crippen molar-refractivity contribution in [3.63, 3.8) is 0 Å². The number of aromatic nitrogens is 2. The Bertz CT molecular complexity index is 1350. The number of pyridine rings is 2. The third-order valence-electron chi connectivity index (χ3n) is 7.77. The first-order valence-corrected chi connectivity index (χ1v) is 13.5. The van der Waals surface area contributed by atoms with E-state index in [0.29, 0.717) is 38.0 Å². The van der Waals surface area contributed by atoms with Crippen molar-refractivity contribution in [2.24, 2.45) is 11.7 Å². The molecule has 10 heteroatoms. The van der Waals surface area contributed by atoms with Crippen LogP contribution in [0.5, 0.6) is 5.75 Å². The molecule has 0 radical (unpaired) electrons. The minimum Gasteiger partial charge on any atom is -0.488 e. The summed E-state index contributed by atoms with van der Waals surface area (Å²) in [5.41, 5.74) is 6.31. The molecule has 1 saturated heterocycles.